The highest BCUT2D eigenvalue weighted by molar-refractivity contribution is 5.48. The summed E-state index contributed by atoms with van der Waals surface area (Å²) in [7, 11) is 0. The Bertz CT molecular complexity index is 330. The average Bonchev–Trinajstić information content (AvgIpc) is 2.29. The summed E-state index contributed by atoms with van der Waals surface area (Å²) in [6, 6.07) is 10.5. The molecular formula is C15H21N. The van der Waals surface area contributed by atoms with E-state index < -0.39 is 0 Å². The zero-order valence-electron chi connectivity index (χ0n) is 10.1. The number of benzene rings is 1. The first kappa shape index (κ1) is 11.4. The van der Waals surface area contributed by atoms with Crippen LogP contribution in [0, 0.1) is 0 Å². The predicted molar refractivity (Wildman–Crippen MR) is 70.4 cm³/mol. The molecule has 2 rings (SSSR count). The first-order valence-electron chi connectivity index (χ1n) is 6.31. The molecule has 0 amide bonds. The van der Waals surface area contributed by atoms with Crippen molar-refractivity contribution in [2.75, 3.05) is 6.54 Å². The van der Waals surface area contributed by atoms with Crippen LogP contribution in [0.5, 0.6) is 0 Å². The van der Waals surface area contributed by atoms with Gasteiger partial charge < -0.3 is 5.32 Å². The molecule has 0 aliphatic heterocycles. The van der Waals surface area contributed by atoms with E-state index in [2.05, 4.69) is 54.7 Å². The van der Waals surface area contributed by atoms with Gasteiger partial charge in [-0.05, 0) is 31.2 Å². The molecule has 1 aromatic carbocycles. The van der Waals surface area contributed by atoms with Crippen LogP contribution in [0.15, 0.2) is 36.4 Å². The minimum absolute atomic E-state index is 0.459. The third-order valence-corrected chi connectivity index (χ3v) is 3.69. The van der Waals surface area contributed by atoms with E-state index >= 15 is 0 Å². The number of rotatable bonds is 5. The molecule has 1 fully saturated rings. The van der Waals surface area contributed by atoms with Gasteiger partial charge in [0.25, 0.3) is 0 Å². The third kappa shape index (κ3) is 2.73. The minimum atomic E-state index is 0.459. The Hall–Kier alpha value is -1.08. The molecule has 16 heavy (non-hydrogen) atoms. The van der Waals surface area contributed by atoms with Gasteiger partial charge in [-0.3, -0.25) is 0 Å². The SMILES string of the molecule is CCC1(NC/C=C/c2ccccc2)CCC1. The molecule has 1 aromatic rings. The Morgan fingerprint density at radius 2 is 2.00 bits per heavy atom. The highest BCUT2D eigenvalue weighted by atomic mass is 15.0. The molecule has 1 aliphatic carbocycles. The molecule has 86 valence electrons. The predicted octanol–water partition coefficient (Wildman–Crippen LogP) is 3.62. The fourth-order valence-corrected chi connectivity index (χ4v) is 2.29. The van der Waals surface area contributed by atoms with Gasteiger partial charge in [0, 0.05) is 12.1 Å². The molecule has 0 unspecified atom stereocenters. The van der Waals surface area contributed by atoms with Gasteiger partial charge in [0.2, 0.25) is 0 Å². The molecule has 1 heteroatoms. The molecule has 0 radical (unpaired) electrons. The molecule has 1 saturated carbocycles. The minimum Gasteiger partial charge on any atom is -0.308 e. The lowest BCUT2D eigenvalue weighted by atomic mass is 9.75. The highest BCUT2D eigenvalue weighted by Crippen LogP contribution is 2.34. The van der Waals surface area contributed by atoms with Gasteiger partial charge in [0.1, 0.15) is 0 Å². The van der Waals surface area contributed by atoms with Crippen LogP contribution >= 0.6 is 0 Å². The van der Waals surface area contributed by atoms with Crippen LogP contribution in [0.25, 0.3) is 6.08 Å². The lowest BCUT2D eigenvalue weighted by molar-refractivity contribution is 0.185. The first-order valence-corrected chi connectivity index (χ1v) is 6.31. The van der Waals surface area contributed by atoms with Gasteiger partial charge in [-0.1, -0.05) is 49.4 Å². The molecule has 0 aromatic heterocycles. The van der Waals surface area contributed by atoms with E-state index in [0.717, 1.165) is 6.54 Å². The summed E-state index contributed by atoms with van der Waals surface area (Å²) in [5.41, 5.74) is 1.74. The van der Waals surface area contributed by atoms with Crippen molar-refractivity contribution >= 4 is 6.08 Å². The highest BCUT2D eigenvalue weighted by Gasteiger charge is 2.33. The van der Waals surface area contributed by atoms with Gasteiger partial charge in [-0.2, -0.15) is 0 Å². The van der Waals surface area contributed by atoms with Gasteiger partial charge in [0.05, 0.1) is 0 Å². The molecule has 1 nitrogen and oxygen atoms in total. The molecule has 0 spiro atoms. The fourth-order valence-electron chi connectivity index (χ4n) is 2.29. The first-order chi connectivity index (χ1) is 7.85. The topological polar surface area (TPSA) is 12.0 Å². The van der Waals surface area contributed by atoms with E-state index in [1.165, 1.54) is 31.2 Å². The smallest absolute Gasteiger partial charge is 0.0181 e. The fraction of sp³-hybridized carbons (Fsp3) is 0.467. The molecule has 0 saturated heterocycles. The quantitative estimate of drug-likeness (QED) is 0.791. The lowest BCUT2D eigenvalue weighted by Crippen LogP contribution is -2.50. The van der Waals surface area contributed by atoms with Crippen molar-refractivity contribution in [2.24, 2.45) is 0 Å². The zero-order chi connectivity index (χ0) is 11.3. The van der Waals surface area contributed by atoms with Crippen LogP contribution in [-0.4, -0.2) is 12.1 Å². The molecule has 0 heterocycles. The summed E-state index contributed by atoms with van der Waals surface area (Å²) in [4.78, 5) is 0. The largest absolute Gasteiger partial charge is 0.308 e. The lowest BCUT2D eigenvalue weighted by Gasteiger charge is -2.42. The van der Waals surface area contributed by atoms with Gasteiger partial charge in [0.15, 0.2) is 0 Å². The maximum absolute atomic E-state index is 3.67. The Balaban J connectivity index is 1.77. The van der Waals surface area contributed by atoms with Crippen molar-refractivity contribution in [3.63, 3.8) is 0 Å². The Kier molecular flexibility index (Phi) is 3.79. The van der Waals surface area contributed by atoms with E-state index in [-0.39, 0.29) is 0 Å². The summed E-state index contributed by atoms with van der Waals surface area (Å²) in [5.74, 6) is 0. The average molecular weight is 215 g/mol. The van der Waals surface area contributed by atoms with Crippen molar-refractivity contribution in [2.45, 2.75) is 38.1 Å². The second-order valence-corrected chi connectivity index (χ2v) is 4.68. The Morgan fingerprint density at radius 1 is 1.25 bits per heavy atom. The van der Waals surface area contributed by atoms with Crippen LogP contribution < -0.4 is 5.32 Å². The molecule has 1 aliphatic rings. The maximum Gasteiger partial charge on any atom is 0.0181 e. The molecule has 0 bridgehead atoms. The number of hydrogen-bond acceptors (Lipinski definition) is 1. The number of nitrogens with one attached hydrogen (secondary N) is 1. The van der Waals surface area contributed by atoms with E-state index in [0.29, 0.717) is 5.54 Å². The third-order valence-electron chi connectivity index (χ3n) is 3.69. The molecule has 1 N–H and O–H groups in total. The second kappa shape index (κ2) is 5.31. The Labute approximate surface area is 98.6 Å². The summed E-state index contributed by atoms with van der Waals surface area (Å²) in [5, 5.41) is 3.67. The van der Waals surface area contributed by atoms with Crippen molar-refractivity contribution in [3.05, 3.63) is 42.0 Å². The summed E-state index contributed by atoms with van der Waals surface area (Å²) >= 11 is 0. The summed E-state index contributed by atoms with van der Waals surface area (Å²) in [6.07, 6.45) is 9.76. The van der Waals surface area contributed by atoms with Gasteiger partial charge >= 0.3 is 0 Å². The zero-order valence-corrected chi connectivity index (χ0v) is 10.1. The van der Waals surface area contributed by atoms with Gasteiger partial charge in [-0.15, -0.1) is 0 Å². The molecule has 0 atom stereocenters. The van der Waals surface area contributed by atoms with Crippen LogP contribution in [0.4, 0.5) is 0 Å². The van der Waals surface area contributed by atoms with E-state index in [1.807, 2.05) is 0 Å². The standard InChI is InChI=1S/C15H21N/c1-2-15(11-7-12-15)16-13-6-10-14-8-4-3-5-9-14/h3-6,8-10,16H,2,7,11-13H2,1H3/b10-6+. The summed E-state index contributed by atoms with van der Waals surface area (Å²) in [6.45, 7) is 3.27. The maximum atomic E-state index is 3.67. The van der Waals surface area contributed by atoms with Crippen LogP contribution in [-0.2, 0) is 0 Å². The van der Waals surface area contributed by atoms with Crippen molar-refractivity contribution in [1.82, 2.24) is 5.32 Å². The van der Waals surface area contributed by atoms with Crippen LogP contribution in [0.1, 0.15) is 38.2 Å². The van der Waals surface area contributed by atoms with Crippen LogP contribution in [0.3, 0.4) is 0 Å². The van der Waals surface area contributed by atoms with Crippen LogP contribution in [0.2, 0.25) is 0 Å². The van der Waals surface area contributed by atoms with Crippen molar-refractivity contribution in [1.29, 1.82) is 0 Å². The van der Waals surface area contributed by atoms with Crippen molar-refractivity contribution < 1.29 is 0 Å². The normalized spacial score (nSPS) is 18.6. The van der Waals surface area contributed by atoms with Gasteiger partial charge in [-0.25, -0.2) is 0 Å². The Morgan fingerprint density at radius 3 is 2.56 bits per heavy atom. The number of hydrogen-bond donors (Lipinski definition) is 1. The van der Waals surface area contributed by atoms with E-state index in [9.17, 15) is 0 Å². The second-order valence-electron chi connectivity index (χ2n) is 4.68. The monoisotopic (exact) mass is 215 g/mol. The molecular weight excluding hydrogens is 194 g/mol. The summed E-state index contributed by atoms with van der Waals surface area (Å²) < 4.78 is 0. The van der Waals surface area contributed by atoms with E-state index in [1.54, 1.807) is 0 Å². The van der Waals surface area contributed by atoms with E-state index in [4.69, 9.17) is 0 Å². The van der Waals surface area contributed by atoms with Crippen molar-refractivity contribution in [3.8, 4) is 0 Å².